The number of aromatic nitrogens is 2. The number of benzene rings is 2. The molecule has 0 bridgehead atoms. The average Bonchev–Trinajstić information content (AvgIpc) is 3.34. The summed E-state index contributed by atoms with van der Waals surface area (Å²) in [6.45, 7) is 0. The second kappa shape index (κ2) is 8.43. The minimum absolute atomic E-state index is 0.0488. The number of aryl methyl sites for hydroxylation is 2. The normalized spacial score (nSPS) is 13.0. The van der Waals surface area contributed by atoms with E-state index in [1.54, 1.807) is 64.4 Å². The van der Waals surface area contributed by atoms with E-state index in [4.69, 9.17) is 28.2 Å². The van der Waals surface area contributed by atoms with E-state index in [0.29, 0.717) is 31.8 Å². The van der Waals surface area contributed by atoms with Gasteiger partial charge in [0.05, 0.1) is 16.8 Å². The fourth-order valence-electron chi connectivity index (χ4n) is 3.79. The second-order valence-electron chi connectivity index (χ2n) is 7.27. The van der Waals surface area contributed by atoms with Crippen molar-refractivity contribution in [3.05, 3.63) is 84.9 Å². The van der Waals surface area contributed by atoms with Crippen molar-refractivity contribution in [1.29, 1.82) is 0 Å². The van der Waals surface area contributed by atoms with Gasteiger partial charge in [-0.2, -0.15) is 0 Å². The highest BCUT2D eigenvalue weighted by molar-refractivity contribution is 7.99. The van der Waals surface area contributed by atoms with Crippen molar-refractivity contribution in [1.82, 2.24) is 9.55 Å². The first-order chi connectivity index (χ1) is 15.0. The number of ketones is 1. The molecule has 0 spiro atoms. The Hall–Kier alpha value is -2.12. The topological polar surface area (TPSA) is 52.0 Å². The standard InChI is InChI=1S/C23H16Cl2N2O2S2/c24-14-6-4-13(5-7-14)18(28)12-30-23-26-21-20(17-2-1-3-19(17)31-21)22(29)27(23)16-10-8-15(25)9-11-16/h4-11H,1-3,12H2. The van der Waals surface area contributed by atoms with Crippen LogP contribution in [0.4, 0.5) is 0 Å². The van der Waals surface area contributed by atoms with Crippen molar-refractivity contribution in [2.75, 3.05) is 5.75 Å². The van der Waals surface area contributed by atoms with Gasteiger partial charge in [0, 0.05) is 20.5 Å². The molecule has 0 N–H and O–H groups in total. The zero-order chi connectivity index (χ0) is 21.5. The van der Waals surface area contributed by atoms with E-state index in [1.165, 1.54) is 16.6 Å². The molecule has 5 rings (SSSR count). The van der Waals surface area contributed by atoms with Crippen LogP contribution in [0.5, 0.6) is 0 Å². The molecule has 0 saturated carbocycles. The van der Waals surface area contributed by atoms with Crippen LogP contribution in [0.3, 0.4) is 0 Å². The average molecular weight is 487 g/mol. The summed E-state index contributed by atoms with van der Waals surface area (Å²) in [6.07, 6.45) is 2.98. The van der Waals surface area contributed by atoms with E-state index in [0.717, 1.165) is 29.7 Å². The molecule has 0 amide bonds. The van der Waals surface area contributed by atoms with Crippen LogP contribution in [-0.2, 0) is 12.8 Å². The van der Waals surface area contributed by atoms with Crippen LogP contribution < -0.4 is 5.56 Å². The van der Waals surface area contributed by atoms with Crippen molar-refractivity contribution >= 4 is 62.3 Å². The van der Waals surface area contributed by atoms with E-state index in [2.05, 4.69) is 0 Å². The van der Waals surface area contributed by atoms with Gasteiger partial charge in [0.25, 0.3) is 5.56 Å². The number of fused-ring (bicyclic) bond motifs is 3. The smallest absolute Gasteiger partial charge is 0.267 e. The molecule has 2 aromatic carbocycles. The van der Waals surface area contributed by atoms with Crippen LogP contribution in [0.15, 0.2) is 58.5 Å². The van der Waals surface area contributed by atoms with Gasteiger partial charge in [-0.25, -0.2) is 4.98 Å². The Labute approximate surface area is 196 Å². The monoisotopic (exact) mass is 486 g/mol. The highest BCUT2D eigenvalue weighted by Gasteiger charge is 2.24. The Morgan fingerprint density at radius 1 is 1.03 bits per heavy atom. The van der Waals surface area contributed by atoms with E-state index in [-0.39, 0.29) is 17.1 Å². The van der Waals surface area contributed by atoms with E-state index < -0.39 is 0 Å². The molecule has 0 saturated heterocycles. The zero-order valence-corrected chi connectivity index (χ0v) is 19.4. The number of nitrogens with zero attached hydrogens (tertiary/aromatic N) is 2. The van der Waals surface area contributed by atoms with Crippen LogP contribution in [-0.4, -0.2) is 21.1 Å². The second-order valence-corrected chi connectivity index (χ2v) is 10.2. The van der Waals surface area contributed by atoms with Gasteiger partial charge in [0.1, 0.15) is 4.83 Å². The van der Waals surface area contributed by atoms with Gasteiger partial charge in [0.2, 0.25) is 0 Å². The van der Waals surface area contributed by atoms with Crippen molar-refractivity contribution < 1.29 is 4.79 Å². The van der Waals surface area contributed by atoms with E-state index in [9.17, 15) is 9.59 Å². The number of carbonyl (C=O) groups excluding carboxylic acids is 1. The lowest BCUT2D eigenvalue weighted by molar-refractivity contribution is 0.102. The molecular weight excluding hydrogens is 471 g/mol. The number of halogens is 2. The number of rotatable bonds is 5. The molecule has 0 unspecified atom stereocenters. The molecule has 1 aliphatic carbocycles. The van der Waals surface area contributed by atoms with Crippen LogP contribution in [0.2, 0.25) is 10.0 Å². The van der Waals surface area contributed by atoms with Gasteiger partial charge in [0.15, 0.2) is 10.9 Å². The van der Waals surface area contributed by atoms with Gasteiger partial charge >= 0.3 is 0 Å². The lowest BCUT2D eigenvalue weighted by Gasteiger charge is -2.12. The maximum Gasteiger partial charge on any atom is 0.267 e. The van der Waals surface area contributed by atoms with Crippen LogP contribution in [0.1, 0.15) is 27.2 Å². The molecule has 4 aromatic rings. The number of hydrogen-bond donors (Lipinski definition) is 0. The maximum atomic E-state index is 13.6. The maximum absolute atomic E-state index is 13.6. The lowest BCUT2D eigenvalue weighted by atomic mass is 10.1. The Morgan fingerprint density at radius 2 is 1.71 bits per heavy atom. The Balaban J connectivity index is 1.58. The van der Waals surface area contributed by atoms with Crippen LogP contribution >= 0.6 is 46.3 Å². The third-order valence-corrected chi connectivity index (χ3v) is 7.92. The highest BCUT2D eigenvalue weighted by atomic mass is 35.5. The fourth-order valence-corrected chi connectivity index (χ4v) is 6.25. The predicted molar refractivity (Wildman–Crippen MR) is 129 cm³/mol. The summed E-state index contributed by atoms with van der Waals surface area (Å²) in [5, 5.41) is 2.39. The molecule has 8 heteroatoms. The summed E-state index contributed by atoms with van der Waals surface area (Å²) in [4.78, 5) is 33.1. The van der Waals surface area contributed by atoms with Gasteiger partial charge in [-0.05, 0) is 73.4 Å². The first kappa shape index (κ1) is 20.8. The number of hydrogen-bond acceptors (Lipinski definition) is 5. The molecule has 0 radical (unpaired) electrons. The first-order valence-corrected chi connectivity index (χ1v) is 12.3. The molecule has 1 aliphatic rings. The third-order valence-electron chi connectivity index (χ3n) is 5.29. The van der Waals surface area contributed by atoms with Gasteiger partial charge < -0.3 is 0 Å². The molecule has 31 heavy (non-hydrogen) atoms. The van der Waals surface area contributed by atoms with Crippen molar-refractivity contribution in [3.8, 4) is 5.69 Å². The molecule has 156 valence electrons. The molecule has 0 fully saturated rings. The Morgan fingerprint density at radius 3 is 2.42 bits per heavy atom. The van der Waals surface area contributed by atoms with E-state index >= 15 is 0 Å². The zero-order valence-electron chi connectivity index (χ0n) is 16.2. The first-order valence-electron chi connectivity index (χ1n) is 9.76. The molecule has 2 aromatic heterocycles. The largest absolute Gasteiger partial charge is 0.293 e. The van der Waals surface area contributed by atoms with Crippen LogP contribution in [0, 0.1) is 0 Å². The van der Waals surface area contributed by atoms with Gasteiger partial charge in [-0.1, -0.05) is 35.0 Å². The van der Waals surface area contributed by atoms with Crippen molar-refractivity contribution in [2.45, 2.75) is 24.4 Å². The quantitative estimate of drug-likeness (QED) is 0.191. The molecule has 0 aliphatic heterocycles. The van der Waals surface area contributed by atoms with Crippen molar-refractivity contribution in [2.24, 2.45) is 0 Å². The minimum Gasteiger partial charge on any atom is -0.293 e. The van der Waals surface area contributed by atoms with Crippen LogP contribution in [0.25, 0.3) is 15.9 Å². The summed E-state index contributed by atoms with van der Waals surface area (Å²) in [5.74, 6) is 0.116. The lowest BCUT2D eigenvalue weighted by Crippen LogP contribution is -2.22. The SMILES string of the molecule is O=C(CSc1nc2sc3c(c2c(=O)n1-c1ccc(Cl)cc1)CCC3)c1ccc(Cl)cc1. The Kier molecular flexibility index (Phi) is 5.65. The number of carbonyl (C=O) groups is 1. The summed E-state index contributed by atoms with van der Waals surface area (Å²) < 4.78 is 1.60. The third kappa shape index (κ3) is 3.94. The molecule has 4 nitrogen and oxygen atoms in total. The predicted octanol–water partition coefficient (Wildman–Crippen LogP) is 6.22. The van der Waals surface area contributed by atoms with Gasteiger partial charge in [-0.3, -0.25) is 14.2 Å². The number of Topliss-reactive ketones (excluding diaryl/α,β-unsaturated/α-hetero) is 1. The number of thiophene rings is 1. The van der Waals surface area contributed by atoms with E-state index in [1.807, 2.05) is 0 Å². The number of thioether (sulfide) groups is 1. The summed E-state index contributed by atoms with van der Waals surface area (Å²) in [7, 11) is 0. The fraction of sp³-hybridized carbons (Fsp3) is 0.174. The summed E-state index contributed by atoms with van der Waals surface area (Å²) in [6, 6.07) is 13.9. The molecular formula is C23H16Cl2N2O2S2. The highest BCUT2D eigenvalue weighted by Crippen LogP contribution is 2.36. The van der Waals surface area contributed by atoms with Gasteiger partial charge in [-0.15, -0.1) is 11.3 Å². The summed E-state index contributed by atoms with van der Waals surface area (Å²) >= 11 is 14.8. The molecule has 0 atom stereocenters. The Bertz CT molecular complexity index is 1360. The minimum atomic E-state index is -0.0897. The summed E-state index contributed by atoms with van der Waals surface area (Å²) in [5.41, 5.74) is 2.30. The molecule has 2 heterocycles. The van der Waals surface area contributed by atoms with Crippen molar-refractivity contribution in [3.63, 3.8) is 0 Å².